The molecule has 0 heterocycles. The maximum Gasteiger partial charge on any atom is 0.137 e. The first-order valence-electron chi connectivity index (χ1n) is 5.80. The van der Waals surface area contributed by atoms with Crippen molar-refractivity contribution in [1.29, 1.82) is 0 Å². The quantitative estimate of drug-likeness (QED) is 0.896. The fourth-order valence-electron chi connectivity index (χ4n) is 2.07. The molecule has 0 radical (unpaired) electrons. The summed E-state index contributed by atoms with van der Waals surface area (Å²) >= 11 is 3.23. The molecule has 0 aliphatic carbocycles. The molecule has 0 aromatic heterocycles. The molecule has 2 rings (SSSR count). The number of rotatable bonds is 3. The van der Waals surface area contributed by atoms with Gasteiger partial charge in [-0.15, -0.1) is 0 Å². The van der Waals surface area contributed by atoms with Crippen molar-refractivity contribution in [3.63, 3.8) is 0 Å². The van der Waals surface area contributed by atoms with Gasteiger partial charge in [0.15, 0.2) is 0 Å². The van der Waals surface area contributed by atoms with Gasteiger partial charge in [0.05, 0.1) is 10.5 Å². The standard InChI is InChI=1S/C15H15BrFN/c1-10-4-3-5-11(8-10)15(18-2)12-6-7-14(17)13(16)9-12/h3-9,15,18H,1-2H3. The van der Waals surface area contributed by atoms with Crippen LogP contribution in [0.3, 0.4) is 0 Å². The van der Waals surface area contributed by atoms with Crippen molar-refractivity contribution >= 4 is 15.9 Å². The highest BCUT2D eigenvalue weighted by atomic mass is 79.9. The summed E-state index contributed by atoms with van der Waals surface area (Å²) in [6, 6.07) is 13.5. The molecule has 18 heavy (non-hydrogen) atoms. The maximum atomic E-state index is 13.3. The minimum Gasteiger partial charge on any atom is -0.309 e. The van der Waals surface area contributed by atoms with Crippen LogP contribution in [-0.2, 0) is 0 Å². The van der Waals surface area contributed by atoms with E-state index in [1.807, 2.05) is 25.2 Å². The lowest BCUT2D eigenvalue weighted by Crippen LogP contribution is -2.17. The van der Waals surface area contributed by atoms with Gasteiger partial charge in [0, 0.05) is 0 Å². The first kappa shape index (κ1) is 13.2. The van der Waals surface area contributed by atoms with E-state index in [0.717, 1.165) is 5.56 Å². The molecule has 0 bridgehead atoms. The van der Waals surface area contributed by atoms with Gasteiger partial charge in [-0.05, 0) is 53.2 Å². The minimum atomic E-state index is -0.238. The SMILES string of the molecule is CNC(c1cccc(C)c1)c1ccc(F)c(Br)c1. The van der Waals surface area contributed by atoms with Crippen molar-refractivity contribution in [2.45, 2.75) is 13.0 Å². The van der Waals surface area contributed by atoms with Gasteiger partial charge in [-0.1, -0.05) is 35.9 Å². The Labute approximate surface area is 115 Å². The predicted molar refractivity (Wildman–Crippen MR) is 76.2 cm³/mol. The summed E-state index contributed by atoms with van der Waals surface area (Å²) in [6.07, 6.45) is 0. The number of hydrogen-bond acceptors (Lipinski definition) is 1. The van der Waals surface area contributed by atoms with Crippen LogP contribution < -0.4 is 5.32 Å². The molecule has 0 saturated heterocycles. The lowest BCUT2D eigenvalue weighted by Gasteiger charge is -2.18. The second-order valence-electron chi connectivity index (χ2n) is 4.31. The van der Waals surface area contributed by atoms with Gasteiger partial charge < -0.3 is 5.32 Å². The highest BCUT2D eigenvalue weighted by Gasteiger charge is 2.13. The van der Waals surface area contributed by atoms with Gasteiger partial charge in [0.2, 0.25) is 0 Å². The van der Waals surface area contributed by atoms with Crippen LogP contribution in [0.5, 0.6) is 0 Å². The summed E-state index contributed by atoms with van der Waals surface area (Å²) in [7, 11) is 1.91. The van der Waals surface area contributed by atoms with Gasteiger partial charge in [-0.25, -0.2) is 4.39 Å². The molecule has 2 aromatic rings. The topological polar surface area (TPSA) is 12.0 Å². The molecular weight excluding hydrogens is 293 g/mol. The van der Waals surface area contributed by atoms with E-state index in [9.17, 15) is 4.39 Å². The summed E-state index contributed by atoms with van der Waals surface area (Å²) < 4.78 is 13.8. The Morgan fingerprint density at radius 3 is 2.44 bits per heavy atom. The predicted octanol–water partition coefficient (Wildman–Crippen LogP) is 4.21. The van der Waals surface area contributed by atoms with E-state index in [4.69, 9.17) is 0 Å². The third kappa shape index (κ3) is 2.79. The number of aryl methyl sites for hydroxylation is 1. The van der Waals surface area contributed by atoms with Crippen molar-refractivity contribution in [3.8, 4) is 0 Å². The smallest absolute Gasteiger partial charge is 0.137 e. The van der Waals surface area contributed by atoms with Crippen LogP contribution in [0.25, 0.3) is 0 Å². The maximum absolute atomic E-state index is 13.3. The van der Waals surface area contributed by atoms with Crippen LogP contribution in [0.4, 0.5) is 4.39 Å². The molecule has 94 valence electrons. The molecule has 1 nitrogen and oxygen atoms in total. The molecule has 0 spiro atoms. The average Bonchev–Trinajstić information content (AvgIpc) is 2.35. The number of hydrogen-bond donors (Lipinski definition) is 1. The zero-order valence-corrected chi connectivity index (χ0v) is 12.0. The summed E-state index contributed by atoms with van der Waals surface area (Å²) in [5, 5.41) is 3.27. The van der Waals surface area contributed by atoms with Crippen molar-refractivity contribution in [2.24, 2.45) is 0 Å². The average molecular weight is 308 g/mol. The Hall–Kier alpha value is -1.19. The van der Waals surface area contributed by atoms with Crippen LogP contribution in [-0.4, -0.2) is 7.05 Å². The fourth-order valence-corrected chi connectivity index (χ4v) is 2.46. The van der Waals surface area contributed by atoms with E-state index in [-0.39, 0.29) is 11.9 Å². The van der Waals surface area contributed by atoms with Crippen LogP contribution in [0.15, 0.2) is 46.9 Å². The van der Waals surface area contributed by atoms with Gasteiger partial charge >= 0.3 is 0 Å². The highest BCUT2D eigenvalue weighted by molar-refractivity contribution is 9.10. The lowest BCUT2D eigenvalue weighted by atomic mass is 9.97. The molecule has 0 fully saturated rings. The van der Waals surface area contributed by atoms with Crippen molar-refractivity contribution < 1.29 is 4.39 Å². The van der Waals surface area contributed by atoms with Crippen molar-refractivity contribution in [1.82, 2.24) is 5.32 Å². The lowest BCUT2D eigenvalue weighted by molar-refractivity contribution is 0.616. The third-order valence-electron chi connectivity index (χ3n) is 2.94. The monoisotopic (exact) mass is 307 g/mol. The number of nitrogens with one attached hydrogen (secondary N) is 1. The zero-order chi connectivity index (χ0) is 13.1. The van der Waals surface area contributed by atoms with E-state index in [1.54, 1.807) is 0 Å². The zero-order valence-electron chi connectivity index (χ0n) is 10.4. The largest absolute Gasteiger partial charge is 0.309 e. The van der Waals surface area contributed by atoms with Gasteiger partial charge in [-0.2, -0.15) is 0 Å². The van der Waals surface area contributed by atoms with E-state index in [2.05, 4.69) is 46.4 Å². The highest BCUT2D eigenvalue weighted by Crippen LogP contribution is 2.26. The van der Waals surface area contributed by atoms with E-state index in [0.29, 0.717) is 4.47 Å². The summed E-state index contributed by atoms with van der Waals surface area (Å²) in [5.41, 5.74) is 3.43. The third-order valence-corrected chi connectivity index (χ3v) is 3.55. The van der Waals surface area contributed by atoms with Crippen LogP contribution in [0.1, 0.15) is 22.7 Å². The Morgan fingerprint density at radius 2 is 1.83 bits per heavy atom. The fraction of sp³-hybridized carbons (Fsp3) is 0.200. The Morgan fingerprint density at radius 1 is 1.11 bits per heavy atom. The molecule has 0 saturated carbocycles. The van der Waals surface area contributed by atoms with Crippen LogP contribution in [0, 0.1) is 12.7 Å². The van der Waals surface area contributed by atoms with Crippen molar-refractivity contribution in [3.05, 3.63) is 69.4 Å². The Kier molecular flexibility index (Phi) is 4.15. The van der Waals surface area contributed by atoms with Gasteiger partial charge in [0.25, 0.3) is 0 Å². The molecule has 1 atom stereocenters. The second-order valence-corrected chi connectivity index (χ2v) is 5.16. The molecule has 1 N–H and O–H groups in total. The Balaban J connectivity index is 2.42. The number of halogens is 2. The second kappa shape index (κ2) is 5.63. The summed E-state index contributed by atoms with van der Waals surface area (Å²) in [5.74, 6) is -0.238. The van der Waals surface area contributed by atoms with Crippen LogP contribution in [0.2, 0.25) is 0 Å². The van der Waals surface area contributed by atoms with E-state index in [1.165, 1.54) is 17.2 Å². The van der Waals surface area contributed by atoms with Gasteiger partial charge in [-0.3, -0.25) is 0 Å². The van der Waals surface area contributed by atoms with Gasteiger partial charge in [0.1, 0.15) is 5.82 Å². The first-order chi connectivity index (χ1) is 8.61. The molecule has 0 aliphatic rings. The number of benzene rings is 2. The van der Waals surface area contributed by atoms with Crippen LogP contribution >= 0.6 is 15.9 Å². The molecule has 0 aliphatic heterocycles. The molecule has 2 aromatic carbocycles. The van der Waals surface area contributed by atoms with Crippen molar-refractivity contribution in [2.75, 3.05) is 7.05 Å². The van der Waals surface area contributed by atoms with E-state index >= 15 is 0 Å². The molecule has 1 unspecified atom stereocenters. The molecular formula is C15H15BrFN. The molecule has 0 amide bonds. The summed E-state index contributed by atoms with van der Waals surface area (Å²) in [4.78, 5) is 0. The Bertz CT molecular complexity index is 554. The minimum absolute atomic E-state index is 0.0711. The first-order valence-corrected chi connectivity index (χ1v) is 6.60. The van der Waals surface area contributed by atoms with E-state index < -0.39 is 0 Å². The normalized spacial score (nSPS) is 12.4. The molecule has 3 heteroatoms. The summed E-state index contributed by atoms with van der Waals surface area (Å²) in [6.45, 7) is 2.07.